The van der Waals surface area contributed by atoms with Crippen molar-refractivity contribution < 1.29 is 4.39 Å². The lowest BCUT2D eigenvalue weighted by Crippen LogP contribution is -2.10. The Bertz CT molecular complexity index is 765. The number of fused-ring (bicyclic) bond motifs is 1. The Balaban J connectivity index is 2.15. The van der Waals surface area contributed by atoms with Gasteiger partial charge in [-0.1, -0.05) is 23.7 Å². The van der Waals surface area contributed by atoms with Gasteiger partial charge in [-0.15, -0.1) is 0 Å². The first kappa shape index (κ1) is 12.9. The lowest BCUT2D eigenvalue weighted by molar-refractivity contribution is 0.625. The number of halogens is 2. The molecule has 1 aromatic heterocycles. The molecule has 102 valence electrons. The fourth-order valence-corrected chi connectivity index (χ4v) is 2.51. The number of hydrogen-bond acceptors (Lipinski definition) is 2. The van der Waals surface area contributed by atoms with Gasteiger partial charge in [0.15, 0.2) is 0 Å². The van der Waals surface area contributed by atoms with Crippen LogP contribution >= 0.6 is 11.6 Å². The number of aromatic nitrogens is 2. The maximum atomic E-state index is 13.4. The van der Waals surface area contributed by atoms with Gasteiger partial charge in [-0.05, 0) is 42.8 Å². The van der Waals surface area contributed by atoms with E-state index >= 15 is 0 Å². The van der Waals surface area contributed by atoms with E-state index < -0.39 is 0 Å². The fourth-order valence-electron chi connectivity index (χ4n) is 2.38. The van der Waals surface area contributed by atoms with Crippen molar-refractivity contribution in [3.05, 3.63) is 58.9 Å². The third-order valence-electron chi connectivity index (χ3n) is 3.42. The van der Waals surface area contributed by atoms with Gasteiger partial charge in [0.1, 0.15) is 5.82 Å². The summed E-state index contributed by atoms with van der Waals surface area (Å²) in [7, 11) is 0. The van der Waals surface area contributed by atoms with E-state index in [4.69, 9.17) is 17.3 Å². The maximum absolute atomic E-state index is 13.4. The zero-order chi connectivity index (χ0) is 14.3. The SMILES string of the molecule is CC(c1ccc(Cl)cc1)n1c(N)nc2ccc(F)cc21. The molecule has 3 aromatic rings. The summed E-state index contributed by atoms with van der Waals surface area (Å²) in [6.45, 7) is 1.99. The Hall–Kier alpha value is -2.07. The molecule has 20 heavy (non-hydrogen) atoms. The predicted molar refractivity (Wildman–Crippen MR) is 79.4 cm³/mol. The molecule has 0 spiro atoms. The highest BCUT2D eigenvalue weighted by molar-refractivity contribution is 6.30. The van der Waals surface area contributed by atoms with E-state index in [2.05, 4.69) is 4.98 Å². The van der Waals surface area contributed by atoms with Crippen LogP contribution in [0.5, 0.6) is 0 Å². The monoisotopic (exact) mass is 289 g/mol. The number of rotatable bonds is 2. The molecule has 0 radical (unpaired) electrons. The largest absolute Gasteiger partial charge is 0.369 e. The van der Waals surface area contributed by atoms with Crippen LogP contribution < -0.4 is 5.73 Å². The van der Waals surface area contributed by atoms with E-state index in [0.717, 1.165) is 5.56 Å². The fraction of sp³-hybridized carbons (Fsp3) is 0.133. The summed E-state index contributed by atoms with van der Waals surface area (Å²) in [5, 5.41) is 0.676. The van der Waals surface area contributed by atoms with Gasteiger partial charge in [-0.3, -0.25) is 0 Å². The Morgan fingerprint density at radius 2 is 1.90 bits per heavy atom. The lowest BCUT2D eigenvalue weighted by atomic mass is 10.1. The average Bonchev–Trinajstić information content (AvgIpc) is 2.74. The second kappa shape index (κ2) is 4.80. The third kappa shape index (κ3) is 2.12. The Kier molecular flexibility index (Phi) is 3.10. The second-order valence-corrected chi connectivity index (χ2v) is 5.14. The molecule has 0 aliphatic carbocycles. The standard InChI is InChI=1S/C15H13ClFN3/c1-9(10-2-4-11(16)5-3-10)20-14-8-12(17)6-7-13(14)19-15(20)18/h2-9H,1H3,(H2,18,19). The van der Waals surface area contributed by atoms with Gasteiger partial charge in [0.2, 0.25) is 5.95 Å². The molecule has 1 unspecified atom stereocenters. The van der Waals surface area contributed by atoms with Crippen LogP contribution in [0.1, 0.15) is 18.5 Å². The minimum atomic E-state index is -0.304. The van der Waals surface area contributed by atoms with E-state index in [1.165, 1.54) is 12.1 Å². The second-order valence-electron chi connectivity index (χ2n) is 4.70. The van der Waals surface area contributed by atoms with Crippen LogP contribution in [0.15, 0.2) is 42.5 Å². The van der Waals surface area contributed by atoms with Crippen molar-refractivity contribution in [2.24, 2.45) is 0 Å². The Morgan fingerprint density at radius 1 is 1.20 bits per heavy atom. The summed E-state index contributed by atoms with van der Waals surface area (Å²) in [4.78, 5) is 4.27. The molecule has 0 amide bonds. The zero-order valence-corrected chi connectivity index (χ0v) is 11.6. The van der Waals surface area contributed by atoms with Gasteiger partial charge >= 0.3 is 0 Å². The van der Waals surface area contributed by atoms with Crippen LogP contribution in [0.2, 0.25) is 5.02 Å². The van der Waals surface area contributed by atoms with E-state index in [9.17, 15) is 4.39 Å². The van der Waals surface area contributed by atoms with Gasteiger partial charge in [-0.25, -0.2) is 9.37 Å². The highest BCUT2D eigenvalue weighted by Gasteiger charge is 2.16. The topological polar surface area (TPSA) is 43.8 Å². The molecular weight excluding hydrogens is 277 g/mol. The van der Waals surface area contributed by atoms with Crippen LogP contribution in [0.25, 0.3) is 11.0 Å². The molecule has 0 fully saturated rings. The maximum Gasteiger partial charge on any atom is 0.201 e. The molecule has 0 bridgehead atoms. The predicted octanol–water partition coefficient (Wildman–Crippen LogP) is 4.02. The molecule has 1 heterocycles. The van der Waals surface area contributed by atoms with Crippen LogP contribution in [0, 0.1) is 5.82 Å². The van der Waals surface area contributed by atoms with Crippen molar-refractivity contribution in [2.45, 2.75) is 13.0 Å². The summed E-state index contributed by atoms with van der Waals surface area (Å²) in [5.74, 6) is 0.0648. The normalized spacial score (nSPS) is 12.8. The van der Waals surface area contributed by atoms with Crippen molar-refractivity contribution in [1.82, 2.24) is 9.55 Å². The number of imidazole rings is 1. The summed E-state index contributed by atoms with van der Waals surface area (Å²) in [5.41, 5.74) is 8.38. The first-order valence-corrected chi connectivity index (χ1v) is 6.62. The number of hydrogen-bond donors (Lipinski definition) is 1. The molecule has 0 aliphatic heterocycles. The van der Waals surface area contributed by atoms with Gasteiger partial charge < -0.3 is 10.3 Å². The summed E-state index contributed by atoms with van der Waals surface area (Å²) in [6.07, 6.45) is 0. The number of nitrogens with two attached hydrogens (primary N) is 1. The highest BCUT2D eigenvalue weighted by Crippen LogP contribution is 2.28. The van der Waals surface area contributed by atoms with Gasteiger partial charge in [0.25, 0.3) is 0 Å². The zero-order valence-electron chi connectivity index (χ0n) is 10.8. The first-order valence-electron chi connectivity index (χ1n) is 6.24. The van der Waals surface area contributed by atoms with Crippen molar-refractivity contribution in [2.75, 3.05) is 5.73 Å². The van der Waals surface area contributed by atoms with Gasteiger partial charge in [-0.2, -0.15) is 0 Å². The van der Waals surface area contributed by atoms with Crippen molar-refractivity contribution in [1.29, 1.82) is 0 Å². The third-order valence-corrected chi connectivity index (χ3v) is 3.67. The molecular formula is C15H13ClFN3. The molecule has 0 aliphatic rings. The number of anilines is 1. The van der Waals surface area contributed by atoms with E-state index in [1.54, 1.807) is 6.07 Å². The van der Waals surface area contributed by atoms with Gasteiger partial charge in [0.05, 0.1) is 17.1 Å². The summed E-state index contributed by atoms with van der Waals surface area (Å²) < 4.78 is 15.3. The van der Waals surface area contributed by atoms with E-state index in [1.807, 2.05) is 35.8 Å². The summed E-state index contributed by atoms with van der Waals surface area (Å²) in [6, 6.07) is 11.9. The lowest BCUT2D eigenvalue weighted by Gasteiger charge is -2.16. The average molecular weight is 290 g/mol. The number of benzene rings is 2. The first-order chi connectivity index (χ1) is 9.56. The highest BCUT2D eigenvalue weighted by atomic mass is 35.5. The minimum Gasteiger partial charge on any atom is -0.369 e. The van der Waals surface area contributed by atoms with Crippen molar-refractivity contribution in [3.63, 3.8) is 0 Å². The molecule has 0 saturated heterocycles. The smallest absolute Gasteiger partial charge is 0.201 e. The van der Waals surface area contributed by atoms with Gasteiger partial charge in [0, 0.05) is 5.02 Å². The van der Waals surface area contributed by atoms with E-state index in [-0.39, 0.29) is 11.9 Å². The quantitative estimate of drug-likeness (QED) is 0.774. The van der Waals surface area contributed by atoms with Crippen LogP contribution in [0.4, 0.5) is 10.3 Å². The number of nitrogen functional groups attached to an aromatic ring is 1. The molecule has 2 aromatic carbocycles. The minimum absolute atomic E-state index is 0.0564. The van der Waals surface area contributed by atoms with E-state index in [0.29, 0.717) is 22.0 Å². The van der Waals surface area contributed by atoms with Crippen LogP contribution in [-0.2, 0) is 0 Å². The molecule has 0 saturated carbocycles. The Labute approximate surface area is 120 Å². The molecule has 2 N–H and O–H groups in total. The van der Waals surface area contributed by atoms with Crippen molar-refractivity contribution >= 4 is 28.6 Å². The van der Waals surface area contributed by atoms with Crippen molar-refractivity contribution in [3.8, 4) is 0 Å². The molecule has 1 atom stereocenters. The summed E-state index contributed by atoms with van der Waals surface area (Å²) >= 11 is 5.89. The number of nitrogens with zero attached hydrogens (tertiary/aromatic N) is 2. The Morgan fingerprint density at radius 3 is 2.60 bits per heavy atom. The molecule has 3 nitrogen and oxygen atoms in total. The van der Waals surface area contributed by atoms with Crippen LogP contribution in [-0.4, -0.2) is 9.55 Å². The molecule has 5 heteroatoms. The molecule has 3 rings (SSSR count). The van der Waals surface area contributed by atoms with Crippen LogP contribution in [0.3, 0.4) is 0 Å².